The molecule has 1 heterocycles. The van der Waals surface area contributed by atoms with Crippen LogP contribution in [0, 0.1) is 5.92 Å². The Morgan fingerprint density at radius 1 is 0.676 bits per heavy atom. The van der Waals surface area contributed by atoms with Gasteiger partial charge in [-0.3, -0.25) is 28.8 Å². The summed E-state index contributed by atoms with van der Waals surface area (Å²) < 4.78 is 42.2. The van der Waals surface area contributed by atoms with Crippen LogP contribution in [0.3, 0.4) is 0 Å². The summed E-state index contributed by atoms with van der Waals surface area (Å²) in [5, 5.41) is 0. The van der Waals surface area contributed by atoms with E-state index in [0.29, 0.717) is 0 Å². The molecule has 1 saturated heterocycles. The molecule has 5 atom stereocenters. The van der Waals surface area contributed by atoms with Gasteiger partial charge in [0, 0.05) is 27.7 Å². The lowest BCUT2D eigenvalue weighted by Crippen LogP contribution is -2.63. The van der Waals surface area contributed by atoms with Crippen molar-refractivity contribution in [3.05, 3.63) is 0 Å². The molecule has 0 aromatic heterocycles. The predicted octanol–water partition coefficient (Wildman–Crippen LogP) is 0.219. The standard InChI is InChI=1S/C23H34O14/c1-7-30-21(28)16(22(29)31-8-2)9-10-32-23-20(36-15(6)27)19(35-14(5)26)18(34-13(4)25)17(37-23)11-33-12(3)24/h16-20,23H,7-11H2,1-6H3. The summed E-state index contributed by atoms with van der Waals surface area (Å²) in [6.45, 7) is 6.93. The minimum Gasteiger partial charge on any atom is -0.465 e. The van der Waals surface area contributed by atoms with Gasteiger partial charge in [0.1, 0.15) is 12.7 Å². The van der Waals surface area contributed by atoms with Gasteiger partial charge in [0.25, 0.3) is 0 Å². The maximum Gasteiger partial charge on any atom is 0.320 e. The number of esters is 6. The second-order valence-corrected chi connectivity index (χ2v) is 7.78. The molecule has 0 N–H and O–H groups in total. The molecule has 0 aliphatic carbocycles. The lowest BCUT2D eigenvalue weighted by molar-refractivity contribution is -0.308. The van der Waals surface area contributed by atoms with Crippen molar-refractivity contribution >= 4 is 35.8 Å². The Kier molecular flexibility index (Phi) is 13.5. The Bertz CT molecular complexity index is 806. The van der Waals surface area contributed by atoms with E-state index in [1.165, 1.54) is 0 Å². The molecule has 0 amide bonds. The molecule has 210 valence electrons. The molecule has 14 nitrogen and oxygen atoms in total. The van der Waals surface area contributed by atoms with Gasteiger partial charge in [0.15, 0.2) is 30.5 Å². The monoisotopic (exact) mass is 534 g/mol. The lowest BCUT2D eigenvalue weighted by atomic mass is 9.98. The van der Waals surface area contributed by atoms with E-state index in [1.807, 2.05) is 0 Å². The smallest absolute Gasteiger partial charge is 0.320 e. The predicted molar refractivity (Wildman–Crippen MR) is 119 cm³/mol. The second-order valence-electron chi connectivity index (χ2n) is 7.78. The molecule has 0 radical (unpaired) electrons. The summed E-state index contributed by atoms with van der Waals surface area (Å²) in [6, 6.07) is 0. The fourth-order valence-electron chi connectivity index (χ4n) is 3.44. The molecule has 0 aromatic rings. The van der Waals surface area contributed by atoms with Gasteiger partial charge < -0.3 is 37.9 Å². The molecular weight excluding hydrogens is 500 g/mol. The van der Waals surface area contributed by atoms with Gasteiger partial charge in [-0.25, -0.2) is 0 Å². The quantitative estimate of drug-likeness (QED) is 0.178. The summed E-state index contributed by atoms with van der Waals surface area (Å²) in [5.41, 5.74) is 0. The first-order valence-corrected chi connectivity index (χ1v) is 11.7. The van der Waals surface area contributed by atoms with Crippen molar-refractivity contribution in [3.63, 3.8) is 0 Å². The number of rotatable bonds is 13. The van der Waals surface area contributed by atoms with Crippen molar-refractivity contribution in [1.82, 2.24) is 0 Å². The molecule has 0 bridgehead atoms. The van der Waals surface area contributed by atoms with E-state index in [9.17, 15) is 28.8 Å². The highest BCUT2D eigenvalue weighted by molar-refractivity contribution is 5.94. The molecule has 37 heavy (non-hydrogen) atoms. The molecule has 1 aliphatic rings. The Hall–Kier alpha value is -3.26. The van der Waals surface area contributed by atoms with Gasteiger partial charge in [-0.05, 0) is 20.3 Å². The average molecular weight is 535 g/mol. The summed E-state index contributed by atoms with van der Waals surface area (Å²) in [6.07, 6.45) is -6.99. The molecule has 1 rings (SSSR count). The summed E-state index contributed by atoms with van der Waals surface area (Å²) in [5.74, 6) is -5.96. The number of hydrogen-bond acceptors (Lipinski definition) is 14. The van der Waals surface area contributed by atoms with Gasteiger partial charge in [-0.2, -0.15) is 0 Å². The maximum atomic E-state index is 12.2. The van der Waals surface area contributed by atoms with E-state index in [0.717, 1.165) is 27.7 Å². The first kappa shape index (κ1) is 31.8. The van der Waals surface area contributed by atoms with E-state index < -0.39 is 79.0 Å². The van der Waals surface area contributed by atoms with Crippen molar-refractivity contribution in [2.24, 2.45) is 5.92 Å². The van der Waals surface area contributed by atoms with Crippen LogP contribution >= 0.6 is 0 Å². The van der Waals surface area contributed by atoms with Crippen LogP contribution < -0.4 is 0 Å². The van der Waals surface area contributed by atoms with Crippen LogP contribution in [-0.2, 0) is 66.7 Å². The van der Waals surface area contributed by atoms with Crippen LogP contribution in [0.2, 0.25) is 0 Å². The van der Waals surface area contributed by atoms with Crippen LogP contribution in [0.15, 0.2) is 0 Å². The molecule has 0 aromatic carbocycles. The zero-order chi connectivity index (χ0) is 28.1. The van der Waals surface area contributed by atoms with Crippen molar-refractivity contribution < 1.29 is 66.7 Å². The van der Waals surface area contributed by atoms with Crippen molar-refractivity contribution in [3.8, 4) is 0 Å². The minimum atomic E-state index is -1.44. The highest BCUT2D eigenvalue weighted by atomic mass is 16.7. The van der Waals surface area contributed by atoms with Crippen LogP contribution in [-0.4, -0.2) is 92.9 Å². The van der Waals surface area contributed by atoms with E-state index in [2.05, 4.69) is 0 Å². The first-order chi connectivity index (χ1) is 17.4. The molecule has 14 heteroatoms. The highest BCUT2D eigenvalue weighted by Gasteiger charge is 2.52. The lowest BCUT2D eigenvalue weighted by Gasteiger charge is -2.44. The minimum absolute atomic E-state index is 0.0370. The summed E-state index contributed by atoms with van der Waals surface area (Å²) >= 11 is 0. The Morgan fingerprint density at radius 3 is 1.62 bits per heavy atom. The molecule has 1 aliphatic heterocycles. The van der Waals surface area contributed by atoms with Gasteiger partial charge in [0.05, 0.1) is 19.8 Å². The number of hydrogen-bond donors (Lipinski definition) is 0. The SMILES string of the molecule is CCOC(=O)C(CCOC1OC(COC(C)=O)C(OC(C)=O)C(OC(C)=O)C1OC(C)=O)C(=O)OCC. The number of ether oxygens (including phenoxy) is 8. The largest absolute Gasteiger partial charge is 0.465 e. The Balaban J connectivity index is 3.23. The molecule has 1 fully saturated rings. The van der Waals surface area contributed by atoms with E-state index in [-0.39, 0.29) is 26.2 Å². The third-order valence-corrected chi connectivity index (χ3v) is 4.78. The maximum absolute atomic E-state index is 12.2. The van der Waals surface area contributed by atoms with E-state index >= 15 is 0 Å². The van der Waals surface area contributed by atoms with Gasteiger partial charge >= 0.3 is 35.8 Å². The van der Waals surface area contributed by atoms with Crippen LogP contribution in [0.4, 0.5) is 0 Å². The van der Waals surface area contributed by atoms with Crippen molar-refractivity contribution in [2.45, 2.75) is 78.7 Å². The molecule has 0 saturated carbocycles. The normalized spacial score (nSPS) is 22.9. The van der Waals surface area contributed by atoms with Crippen molar-refractivity contribution in [1.29, 1.82) is 0 Å². The Morgan fingerprint density at radius 2 is 1.16 bits per heavy atom. The molecular formula is C23H34O14. The van der Waals surface area contributed by atoms with Crippen LogP contribution in [0.25, 0.3) is 0 Å². The van der Waals surface area contributed by atoms with Crippen molar-refractivity contribution in [2.75, 3.05) is 26.4 Å². The zero-order valence-corrected chi connectivity index (χ0v) is 21.7. The summed E-state index contributed by atoms with van der Waals surface area (Å²) in [7, 11) is 0. The second kappa shape index (κ2) is 15.8. The van der Waals surface area contributed by atoms with E-state index in [4.69, 9.17) is 37.9 Å². The average Bonchev–Trinajstić information content (AvgIpc) is 2.78. The van der Waals surface area contributed by atoms with Gasteiger partial charge in [0.2, 0.25) is 0 Å². The Labute approximate surface area is 214 Å². The fourth-order valence-corrected chi connectivity index (χ4v) is 3.44. The van der Waals surface area contributed by atoms with Gasteiger partial charge in [-0.15, -0.1) is 0 Å². The topological polar surface area (TPSA) is 176 Å². The third kappa shape index (κ3) is 10.7. The zero-order valence-electron chi connectivity index (χ0n) is 21.7. The molecule has 0 spiro atoms. The highest BCUT2D eigenvalue weighted by Crippen LogP contribution is 2.30. The fraction of sp³-hybridized carbons (Fsp3) is 0.739. The van der Waals surface area contributed by atoms with Gasteiger partial charge in [-0.1, -0.05) is 0 Å². The first-order valence-electron chi connectivity index (χ1n) is 11.7. The third-order valence-electron chi connectivity index (χ3n) is 4.78. The van der Waals surface area contributed by atoms with Crippen LogP contribution in [0.1, 0.15) is 48.0 Å². The number of carbonyl (C=O) groups is 6. The van der Waals surface area contributed by atoms with E-state index in [1.54, 1.807) is 13.8 Å². The van der Waals surface area contributed by atoms with Crippen LogP contribution in [0.5, 0.6) is 0 Å². The number of carbonyl (C=O) groups excluding carboxylic acids is 6. The molecule has 5 unspecified atom stereocenters. The summed E-state index contributed by atoms with van der Waals surface area (Å²) in [4.78, 5) is 71.3.